The largest absolute Gasteiger partial charge is 0.468 e. The number of aryl methyl sites for hydroxylation is 1. The first kappa shape index (κ1) is 16.4. The van der Waals surface area contributed by atoms with E-state index in [2.05, 4.69) is 27.8 Å². The van der Waals surface area contributed by atoms with Crippen LogP contribution in [0.4, 0.5) is 9.93 Å². The summed E-state index contributed by atoms with van der Waals surface area (Å²) < 4.78 is 5.40. The fourth-order valence-electron chi connectivity index (χ4n) is 1.97. The number of anilines is 1. The highest BCUT2D eigenvalue weighted by Crippen LogP contribution is 2.18. The molecule has 2 amide bonds. The fourth-order valence-corrected chi connectivity index (χ4v) is 2.80. The van der Waals surface area contributed by atoms with Crippen molar-refractivity contribution in [2.24, 2.45) is 0 Å². The van der Waals surface area contributed by atoms with Crippen LogP contribution in [0.5, 0.6) is 0 Å². The van der Waals surface area contributed by atoms with Crippen molar-refractivity contribution in [2.75, 3.05) is 26.0 Å². The number of nitrogens with one attached hydrogen (secondary N) is 2. The third kappa shape index (κ3) is 4.54. The highest BCUT2D eigenvalue weighted by molar-refractivity contribution is 7.15. The molecule has 0 saturated carbocycles. The van der Waals surface area contributed by atoms with Crippen molar-refractivity contribution in [1.82, 2.24) is 20.4 Å². The maximum Gasteiger partial charge on any atom is 0.321 e. The third-order valence-electron chi connectivity index (χ3n) is 3.10. The molecule has 1 atom stereocenters. The summed E-state index contributed by atoms with van der Waals surface area (Å²) in [6.45, 7) is 2.52. The monoisotopic (exact) mass is 323 g/mol. The van der Waals surface area contributed by atoms with Gasteiger partial charge in [-0.15, -0.1) is 10.2 Å². The molecule has 2 heterocycles. The number of carbonyl (C=O) groups is 1. The maximum atomic E-state index is 11.9. The molecule has 0 saturated heterocycles. The Morgan fingerprint density at radius 1 is 1.45 bits per heavy atom. The van der Waals surface area contributed by atoms with Crippen LogP contribution in [-0.4, -0.2) is 41.8 Å². The summed E-state index contributed by atoms with van der Waals surface area (Å²) in [6, 6.07) is 3.41. The van der Waals surface area contributed by atoms with Gasteiger partial charge in [-0.05, 0) is 32.6 Å². The van der Waals surface area contributed by atoms with Crippen LogP contribution in [0.25, 0.3) is 0 Å². The van der Waals surface area contributed by atoms with Crippen molar-refractivity contribution >= 4 is 22.5 Å². The van der Waals surface area contributed by atoms with Crippen LogP contribution < -0.4 is 10.6 Å². The predicted octanol–water partition coefficient (Wildman–Crippen LogP) is 2.51. The molecule has 0 aliphatic heterocycles. The molecule has 0 unspecified atom stereocenters. The minimum absolute atomic E-state index is 0.0224. The van der Waals surface area contributed by atoms with Crippen molar-refractivity contribution < 1.29 is 9.21 Å². The lowest BCUT2D eigenvalue weighted by Gasteiger charge is -2.22. The molecule has 0 fully saturated rings. The van der Waals surface area contributed by atoms with E-state index < -0.39 is 0 Å². The van der Waals surface area contributed by atoms with Gasteiger partial charge < -0.3 is 9.73 Å². The number of nitrogens with zero attached hydrogens (tertiary/aromatic N) is 3. The molecule has 2 aromatic rings. The Morgan fingerprint density at radius 3 is 2.91 bits per heavy atom. The van der Waals surface area contributed by atoms with E-state index in [0.717, 1.165) is 23.6 Å². The van der Waals surface area contributed by atoms with Crippen LogP contribution in [0.3, 0.4) is 0 Å². The lowest BCUT2D eigenvalue weighted by molar-refractivity contribution is 0.233. The van der Waals surface area contributed by atoms with Gasteiger partial charge in [0.1, 0.15) is 10.8 Å². The number of aromatic nitrogens is 2. The normalized spacial score (nSPS) is 12.4. The fraction of sp³-hybridized carbons (Fsp3) is 0.500. The lowest BCUT2D eigenvalue weighted by Crippen LogP contribution is -2.36. The minimum atomic E-state index is -0.294. The SMILES string of the molecule is CCCc1nnc(NC(=O)NC[C@H](c2ccco2)N(C)C)s1. The molecule has 8 heteroatoms. The van der Waals surface area contributed by atoms with Gasteiger partial charge in [-0.25, -0.2) is 4.79 Å². The van der Waals surface area contributed by atoms with E-state index in [0.29, 0.717) is 11.7 Å². The molecule has 0 bridgehead atoms. The molecule has 0 radical (unpaired) electrons. The molecule has 0 aliphatic rings. The van der Waals surface area contributed by atoms with Crippen LogP contribution in [0.2, 0.25) is 0 Å². The smallest absolute Gasteiger partial charge is 0.321 e. The molecular weight excluding hydrogens is 302 g/mol. The van der Waals surface area contributed by atoms with E-state index in [1.807, 2.05) is 31.1 Å². The van der Waals surface area contributed by atoms with E-state index in [1.165, 1.54) is 11.3 Å². The zero-order chi connectivity index (χ0) is 15.9. The summed E-state index contributed by atoms with van der Waals surface area (Å²) in [6.07, 6.45) is 3.51. The highest BCUT2D eigenvalue weighted by atomic mass is 32.1. The van der Waals surface area contributed by atoms with E-state index >= 15 is 0 Å². The first-order valence-electron chi connectivity index (χ1n) is 7.17. The van der Waals surface area contributed by atoms with E-state index in [1.54, 1.807) is 6.26 Å². The van der Waals surface area contributed by atoms with Crippen molar-refractivity contribution in [3.63, 3.8) is 0 Å². The van der Waals surface area contributed by atoms with Crippen LogP contribution in [0.1, 0.15) is 30.2 Å². The summed E-state index contributed by atoms with van der Waals surface area (Å²) in [5.41, 5.74) is 0. The Hall–Kier alpha value is -1.93. The van der Waals surface area contributed by atoms with Gasteiger partial charge in [-0.1, -0.05) is 18.3 Å². The summed E-state index contributed by atoms with van der Waals surface area (Å²) in [7, 11) is 3.88. The number of urea groups is 1. The lowest BCUT2D eigenvalue weighted by atomic mass is 10.2. The first-order chi connectivity index (χ1) is 10.6. The number of likely N-dealkylation sites (N-methyl/N-ethyl adjacent to an activating group) is 1. The third-order valence-corrected chi connectivity index (χ3v) is 4.00. The van der Waals surface area contributed by atoms with Gasteiger partial charge in [0.05, 0.1) is 12.3 Å². The summed E-state index contributed by atoms with van der Waals surface area (Å²) in [5.74, 6) is 0.812. The van der Waals surface area contributed by atoms with Gasteiger partial charge in [-0.3, -0.25) is 10.2 Å². The second-order valence-electron chi connectivity index (χ2n) is 5.08. The molecule has 2 aromatic heterocycles. The van der Waals surface area contributed by atoms with Crippen molar-refractivity contribution in [1.29, 1.82) is 0 Å². The molecule has 2 N–H and O–H groups in total. The Morgan fingerprint density at radius 2 is 2.27 bits per heavy atom. The van der Waals surface area contributed by atoms with Crippen molar-refractivity contribution in [2.45, 2.75) is 25.8 Å². The van der Waals surface area contributed by atoms with Gasteiger partial charge in [0.15, 0.2) is 0 Å². The number of amides is 2. The molecule has 7 nitrogen and oxygen atoms in total. The van der Waals surface area contributed by atoms with Crippen LogP contribution in [-0.2, 0) is 6.42 Å². The number of hydrogen-bond donors (Lipinski definition) is 2. The maximum absolute atomic E-state index is 11.9. The van der Waals surface area contributed by atoms with E-state index in [4.69, 9.17) is 4.42 Å². The second kappa shape index (κ2) is 7.90. The topological polar surface area (TPSA) is 83.3 Å². The van der Waals surface area contributed by atoms with Gasteiger partial charge in [0.25, 0.3) is 0 Å². The second-order valence-corrected chi connectivity index (χ2v) is 6.14. The van der Waals surface area contributed by atoms with Gasteiger partial charge in [0, 0.05) is 13.0 Å². The van der Waals surface area contributed by atoms with Gasteiger partial charge in [0.2, 0.25) is 5.13 Å². The molecular formula is C14H21N5O2S. The Labute approximate surface area is 133 Å². The predicted molar refractivity (Wildman–Crippen MR) is 86.1 cm³/mol. The van der Waals surface area contributed by atoms with Crippen molar-refractivity contribution in [3.8, 4) is 0 Å². The minimum Gasteiger partial charge on any atom is -0.468 e. The quantitative estimate of drug-likeness (QED) is 0.818. The van der Waals surface area contributed by atoms with Gasteiger partial charge >= 0.3 is 6.03 Å². The molecule has 0 aliphatic carbocycles. The van der Waals surface area contributed by atoms with E-state index in [9.17, 15) is 4.79 Å². The van der Waals surface area contributed by atoms with Crippen LogP contribution in [0.15, 0.2) is 22.8 Å². The molecule has 22 heavy (non-hydrogen) atoms. The molecule has 0 spiro atoms. The van der Waals surface area contributed by atoms with Gasteiger partial charge in [-0.2, -0.15) is 0 Å². The summed E-state index contributed by atoms with van der Waals surface area (Å²) >= 11 is 1.40. The Kier molecular flexibility index (Phi) is 5.91. The summed E-state index contributed by atoms with van der Waals surface area (Å²) in [5, 5.41) is 15.0. The standard InChI is InChI=1S/C14H21N5O2S/c1-4-6-12-17-18-14(22-12)16-13(20)15-9-10(19(2)3)11-7-5-8-21-11/h5,7-8,10H,4,6,9H2,1-3H3,(H2,15,16,18,20)/t10-/m1/s1. The first-order valence-corrected chi connectivity index (χ1v) is 7.99. The molecule has 0 aromatic carbocycles. The van der Waals surface area contributed by atoms with Crippen LogP contribution >= 0.6 is 11.3 Å². The zero-order valence-corrected chi connectivity index (χ0v) is 13.8. The molecule has 2 rings (SSSR count). The Bertz CT molecular complexity index is 582. The van der Waals surface area contributed by atoms with Crippen LogP contribution in [0, 0.1) is 0 Å². The number of rotatable bonds is 7. The Balaban J connectivity index is 1.85. The highest BCUT2D eigenvalue weighted by Gasteiger charge is 2.18. The zero-order valence-electron chi connectivity index (χ0n) is 13.0. The number of hydrogen-bond acceptors (Lipinski definition) is 6. The molecule has 120 valence electrons. The number of carbonyl (C=O) groups excluding carboxylic acids is 1. The van der Waals surface area contributed by atoms with E-state index in [-0.39, 0.29) is 12.1 Å². The average Bonchev–Trinajstić information content (AvgIpc) is 3.11. The number of furan rings is 1. The van der Waals surface area contributed by atoms with Crippen molar-refractivity contribution in [3.05, 3.63) is 29.2 Å². The average molecular weight is 323 g/mol. The summed E-state index contributed by atoms with van der Waals surface area (Å²) in [4.78, 5) is 13.9.